The SMILES string of the molecule is COCCOC(=O)N1CCC(Oc2nc3ccc(-c4ccc(S(C)(=O)=O)cc4)cc3s2)CC1. The number of rotatable bonds is 7. The van der Waals surface area contributed by atoms with Crippen LogP contribution in [0.25, 0.3) is 21.3 Å². The lowest BCUT2D eigenvalue weighted by Gasteiger charge is -2.30. The molecular weight excluding hydrogens is 464 g/mol. The fraction of sp³-hybridized carbons (Fsp3) is 0.391. The minimum absolute atomic E-state index is 0.00315. The molecule has 176 valence electrons. The van der Waals surface area contributed by atoms with Crippen molar-refractivity contribution in [3.05, 3.63) is 42.5 Å². The number of amides is 1. The number of nitrogens with zero attached hydrogens (tertiary/aromatic N) is 2. The first-order valence-corrected chi connectivity index (χ1v) is 13.3. The van der Waals surface area contributed by atoms with E-state index in [2.05, 4.69) is 4.98 Å². The van der Waals surface area contributed by atoms with E-state index in [-0.39, 0.29) is 18.8 Å². The van der Waals surface area contributed by atoms with Crippen LogP contribution in [0, 0.1) is 0 Å². The van der Waals surface area contributed by atoms with Crippen LogP contribution in [0.2, 0.25) is 0 Å². The van der Waals surface area contributed by atoms with Crippen LogP contribution in [0.5, 0.6) is 5.19 Å². The summed E-state index contributed by atoms with van der Waals surface area (Å²) in [5, 5.41) is 0.607. The molecule has 33 heavy (non-hydrogen) atoms. The van der Waals surface area contributed by atoms with Gasteiger partial charge < -0.3 is 19.1 Å². The fourth-order valence-electron chi connectivity index (χ4n) is 3.63. The van der Waals surface area contributed by atoms with Crippen molar-refractivity contribution in [2.24, 2.45) is 0 Å². The number of fused-ring (bicyclic) bond motifs is 1. The van der Waals surface area contributed by atoms with E-state index in [1.54, 1.807) is 24.1 Å². The molecule has 0 N–H and O–H groups in total. The monoisotopic (exact) mass is 490 g/mol. The van der Waals surface area contributed by atoms with Gasteiger partial charge in [-0.1, -0.05) is 29.5 Å². The Hall–Kier alpha value is -2.69. The number of methoxy groups -OCH3 is 1. The summed E-state index contributed by atoms with van der Waals surface area (Å²) < 4.78 is 40.5. The van der Waals surface area contributed by atoms with Crippen molar-refractivity contribution in [2.45, 2.75) is 23.8 Å². The molecule has 2 aromatic carbocycles. The van der Waals surface area contributed by atoms with Crippen molar-refractivity contribution < 1.29 is 27.4 Å². The number of likely N-dealkylation sites (tertiary alicyclic amines) is 1. The summed E-state index contributed by atoms with van der Waals surface area (Å²) in [6.07, 6.45) is 2.31. The van der Waals surface area contributed by atoms with E-state index in [1.165, 1.54) is 17.6 Å². The summed E-state index contributed by atoms with van der Waals surface area (Å²) in [7, 11) is -1.65. The molecule has 0 unspecified atom stereocenters. The number of carbonyl (C=O) groups excluding carboxylic acids is 1. The van der Waals surface area contributed by atoms with Crippen LogP contribution < -0.4 is 4.74 Å². The molecular formula is C23H26N2O6S2. The molecule has 1 amide bonds. The van der Waals surface area contributed by atoms with Crippen LogP contribution in [0.1, 0.15) is 12.8 Å². The maximum absolute atomic E-state index is 12.0. The van der Waals surface area contributed by atoms with E-state index >= 15 is 0 Å². The van der Waals surface area contributed by atoms with Gasteiger partial charge >= 0.3 is 6.09 Å². The predicted molar refractivity (Wildman–Crippen MR) is 127 cm³/mol. The van der Waals surface area contributed by atoms with E-state index in [9.17, 15) is 13.2 Å². The van der Waals surface area contributed by atoms with Crippen LogP contribution in [0.15, 0.2) is 47.4 Å². The Morgan fingerprint density at radius 2 is 1.79 bits per heavy atom. The summed E-state index contributed by atoms with van der Waals surface area (Å²) in [5.41, 5.74) is 2.77. The Morgan fingerprint density at radius 1 is 1.09 bits per heavy atom. The van der Waals surface area contributed by atoms with Gasteiger partial charge in [-0.05, 0) is 35.4 Å². The second-order valence-corrected chi connectivity index (χ2v) is 10.9. The average Bonchev–Trinajstić information content (AvgIpc) is 3.20. The Kier molecular flexibility index (Phi) is 7.16. The highest BCUT2D eigenvalue weighted by molar-refractivity contribution is 7.90. The number of hydrogen-bond acceptors (Lipinski definition) is 8. The lowest BCUT2D eigenvalue weighted by molar-refractivity contribution is 0.0514. The van der Waals surface area contributed by atoms with E-state index in [0.717, 1.165) is 21.3 Å². The van der Waals surface area contributed by atoms with Gasteiger partial charge in [0.15, 0.2) is 9.84 Å². The van der Waals surface area contributed by atoms with Crippen LogP contribution in [-0.2, 0) is 19.3 Å². The van der Waals surface area contributed by atoms with Crippen LogP contribution in [0.3, 0.4) is 0 Å². The number of thiazole rings is 1. The molecule has 0 aliphatic carbocycles. The van der Waals surface area contributed by atoms with Crippen molar-refractivity contribution in [3.8, 4) is 16.3 Å². The van der Waals surface area contributed by atoms with Gasteiger partial charge in [0, 0.05) is 39.3 Å². The molecule has 0 radical (unpaired) electrons. The third-order valence-corrected chi connectivity index (χ3v) is 7.50. The standard InChI is InChI=1S/C23H26N2O6S2/c1-29-13-14-30-23(26)25-11-9-18(10-12-25)31-22-24-20-8-5-17(15-21(20)32-22)16-3-6-19(7-4-16)33(2,27)28/h3-8,15,18H,9-14H2,1-2H3. The molecule has 1 aromatic heterocycles. The van der Waals surface area contributed by atoms with Crippen LogP contribution >= 0.6 is 11.3 Å². The van der Waals surface area contributed by atoms with Crippen molar-refractivity contribution in [1.82, 2.24) is 9.88 Å². The molecule has 10 heteroatoms. The van der Waals surface area contributed by atoms with Gasteiger partial charge in [-0.25, -0.2) is 18.2 Å². The zero-order valence-electron chi connectivity index (χ0n) is 18.5. The molecule has 2 heterocycles. The molecule has 4 rings (SSSR count). The van der Waals surface area contributed by atoms with E-state index in [0.29, 0.717) is 42.6 Å². The van der Waals surface area contributed by atoms with Gasteiger partial charge in [-0.2, -0.15) is 0 Å². The molecule has 8 nitrogen and oxygen atoms in total. The highest BCUT2D eigenvalue weighted by atomic mass is 32.2. The number of piperidine rings is 1. The fourth-order valence-corrected chi connectivity index (χ4v) is 5.18. The minimum atomic E-state index is -3.22. The first-order valence-electron chi connectivity index (χ1n) is 10.6. The van der Waals surface area contributed by atoms with Crippen molar-refractivity contribution >= 4 is 37.5 Å². The maximum Gasteiger partial charge on any atom is 0.409 e. The smallest absolute Gasteiger partial charge is 0.409 e. The first kappa shape index (κ1) is 23.5. The number of carbonyl (C=O) groups is 1. The highest BCUT2D eigenvalue weighted by Gasteiger charge is 2.25. The molecule has 1 fully saturated rings. The summed E-state index contributed by atoms with van der Waals surface area (Å²) in [4.78, 5) is 18.6. The lowest BCUT2D eigenvalue weighted by atomic mass is 10.1. The Morgan fingerprint density at radius 3 is 2.45 bits per heavy atom. The largest absolute Gasteiger partial charge is 0.467 e. The Labute approximate surface area is 197 Å². The molecule has 1 saturated heterocycles. The Balaban J connectivity index is 1.38. The summed E-state index contributed by atoms with van der Waals surface area (Å²) >= 11 is 1.48. The minimum Gasteiger partial charge on any atom is -0.467 e. The van der Waals surface area contributed by atoms with E-state index in [4.69, 9.17) is 14.2 Å². The number of benzene rings is 2. The third-order valence-electron chi connectivity index (χ3n) is 5.47. The Bertz CT molecular complexity index is 1220. The number of ether oxygens (including phenoxy) is 3. The topological polar surface area (TPSA) is 95.0 Å². The van der Waals surface area contributed by atoms with Gasteiger partial charge in [0.25, 0.3) is 5.19 Å². The average molecular weight is 491 g/mol. The highest BCUT2D eigenvalue weighted by Crippen LogP contribution is 2.33. The van der Waals surface area contributed by atoms with Gasteiger partial charge in [0.2, 0.25) is 0 Å². The molecule has 0 spiro atoms. The normalized spacial score (nSPS) is 15.0. The summed E-state index contributed by atoms with van der Waals surface area (Å²) in [6.45, 7) is 1.79. The molecule has 0 saturated carbocycles. The second kappa shape index (κ2) is 10.1. The van der Waals surface area contributed by atoms with Crippen molar-refractivity contribution in [1.29, 1.82) is 0 Å². The predicted octanol–water partition coefficient (Wildman–Crippen LogP) is 3.99. The summed E-state index contributed by atoms with van der Waals surface area (Å²) in [5.74, 6) is 0. The van der Waals surface area contributed by atoms with E-state index < -0.39 is 9.84 Å². The van der Waals surface area contributed by atoms with Crippen molar-refractivity contribution in [3.63, 3.8) is 0 Å². The van der Waals surface area contributed by atoms with E-state index in [1.807, 2.05) is 30.3 Å². The van der Waals surface area contributed by atoms with Crippen molar-refractivity contribution in [2.75, 3.05) is 39.7 Å². The maximum atomic E-state index is 12.0. The quantitative estimate of drug-likeness (QED) is 0.462. The lowest BCUT2D eigenvalue weighted by Crippen LogP contribution is -2.42. The van der Waals surface area contributed by atoms with Gasteiger partial charge in [0.1, 0.15) is 12.7 Å². The zero-order valence-corrected chi connectivity index (χ0v) is 20.2. The number of aromatic nitrogens is 1. The zero-order chi connectivity index (χ0) is 23.4. The number of hydrogen-bond donors (Lipinski definition) is 0. The first-order chi connectivity index (χ1) is 15.8. The molecule has 0 atom stereocenters. The molecule has 0 bridgehead atoms. The number of sulfone groups is 1. The molecule has 1 aliphatic heterocycles. The van der Waals surface area contributed by atoms with Crippen LogP contribution in [0.4, 0.5) is 4.79 Å². The van der Waals surface area contributed by atoms with Gasteiger partial charge in [-0.3, -0.25) is 0 Å². The third kappa shape index (κ3) is 5.82. The molecule has 1 aliphatic rings. The van der Waals surface area contributed by atoms with Gasteiger partial charge in [0.05, 0.1) is 21.7 Å². The summed E-state index contributed by atoms with van der Waals surface area (Å²) in [6, 6.07) is 12.8. The van der Waals surface area contributed by atoms with Crippen LogP contribution in [-0.4, -0.2) is 70.2 Å². The second-order valence-electron chi connectivity index (χ2n) is 7.87. The molecule has 3 aromatic rings. The van der Waals surface area contributed by atoms with Gasteiger partial charge in [-0.15, -0.1) is 0 Å².